The number of nitrogens with one attached hydrogen (secondary N) is 1. The van der Waals surface area contributed by atoms with Crippen molar-refractivity contribution in [3.05, 3.63) is 50.7 Å². The normalized spacial score (nSPS) is 10.5. The van der Waals surface area contributed by atoms with Crippen molar-refractivity contribution in [2.24, 2.45) is 0 Å². The van der Waals surface area contributed by atoms with Crippen LogP contribution in [0.2, 0.25) is 15.3 Å². The Labute approximate surface area is 126 Å². The summed E-state index contributed by atoms with van der Waals surface area (Å²) in [5.74, 6) is 0.174. The molecule has 0 unspecified atom stereocenters. The zero-order valence-corrected chi connectivity index (χ0v) is 12.3. The maximum Gasteiger partial charge on any atom is 0.154 e. The summed E-state index contributed by atoms with van der Waals surface area (Å²) in [5.41, 5.74) is 2.25. The molecule has 19 heavy (non-hydrogen) atoms. The number of pyridine rings is 1. The van der Waals surface area contributed by atoms with Crippen LogP contribution < -0.4 is 5.32 Å². The fourth-order valence-electron chi connectivity index (χ4n) is 1.69. The number of aryl methyl sites for hydroxylation is 1. The Morgan fingerprint density at radius 3 is 2.63 bits per heavy atom. The van der Waals surface area contributed by atoms with Crippen LogP contribution in [0, 0.1) is 6.92 Å². The first-order valence-electron chi connectivity index (χ1n) is 5.51. The summed E-state index contributed by atoms with van der Waals surface area (Å²) in [6.07, 6.45) is 0. The molecule has 1 aromatic heterocycles. The maximum absolute atomic E-state index is 9.73. The number of benzene rings is 1. The van der Waals surface area contributed by atoms with Crippen LogP contribution in [-0.4, -0.2) is 10.1 Å². The molecule has 0 amide bonds. The smallest absolute Gasteiger partial charge is 0.154 e. The van der Waals surface area contributed by atoms with Crippen LogP contribution in [0.1, 0.15) is 11.1 Å². The van der Waals surface area contributed by atoms with Crippen molar-refractivity contribution in [2.45, 2.75) is 13.5 Å². The Morgan fingerprint density at radius 2 is 1.95 bits per heavy atom. The molecule has 0 aliphatic carbocycles. The molecule has 0 aliphatic heterocycles. The molecule has 1 heterocycles. The number of halogens is 3. The van der Waals surface area contributed by atoms with Crippen molar-refractivity contribution in [3.63, 3.8) is 0 Å². The van der Waals surface area contributed by atoms with E-state index in [1.54, 1.807) is 24.3 Å². The van der Waals surface area contributed by atoms with E-state index in [0.29, 0.717) is 33.1 Å². The van der Waals surface area contributed by atoms with Crippen molar-refractivity contribution < 1.29 is 5.11 Å². The molecule has 2 aromatic rings. The van der Waals surface area contributed by atoms with E-state index in [0.717, 1.165) is 5.56 Å². The van der Waals surface area contributed by atoms with Gasteiger partial charge in [-0.25, -0.2) is 4.98 Å². The van der Waals surface area contributed by atoms with Gasteiger partial charge in [-0.3, -0.25) is 0 Å². The minimum Gasteiger partial charge on any atom is -0.508 e. The van der Waals surface area contributed by atoms with Gasteiger partial charge in [0.2, 0.25) is 0 Å². The highest BCUT2D eigenvalue weighted by Crippen LogP contribution is 2.28. The van der Waals surface area contributed by atoms with Crippen LogP contribution in [0.15, 0.2) is 24.3 Å². The number of hydrogen-bond acceptors (Lipinski definition) is 3. The van der Waals surface area contributed by atoms with Crippen molar-refractivity contribution in [2.75, 3.05) is 5.32 Å². The number of nitrogens with zero attached hydrogens (tertiary/aromatic N) is 1. The summed E-state index contributed by atoms with van der Waals surface area (Å²) in [6, 6.07) is 6.58. The highest BCUT2D eigenvalue weighted by Gasteiger charge is 2.09. The largest absolute Gasteiger partial charge is 0.508 e. The Morgan fingerprint density at radius 1 is 1.21 bits per heavy atom. The third-order valence-corrected chi connectivity index (χ3v) is 3.34. The second-order valence-corrected chi connectivity index (χ2v) is 5.24. The molecule has 100 valence electrons. The lowest BCUT2D eigenvalue weighted by Crippen LogP contribution is -2.03. The molecule has 0 saturated heterocycles. The first-order valence-corrected chi connectivity index (χ1v) is 6.64. The van der Waals surface area contributed by atoms with Crippen LogP contribution in [0.25, 0.3) is 0 Å². The molecule has 2 N–H and O–H groups in total. The summed E-state index contributed by atoms with van der Waals surface area (Å²) in [7, 11) is 0. The van der Waals surface area contributed by atoms with Crippen molar-refractivity contribution in [3.8, 4) is 5.75 Å². The predicted octanol–water partition coefficient (Wildman–Crippen LogP) is 4.67. The average Bonchev–Trinajstić information content (AvgIpc) is 2.32. The van der Waals surface area contributed by atoms with Gasteiger partial charge in [0.25, 0.3) is 0 Å². The lowest BCUT2D eigenvalue weighted by atomic mass is 10.2. The summed E-state index contributed by atoms with van der Waals surface area (Å²) in [5, 5.41) is 14.1. The van der Waals surface area contributed by atoms with Gasteiger partial charge in [0.1, 0.15) is 10.9 Å². The third kappa shape index (κ3) is 3.44. The van der Waals surface area contributed by atoms with Crippen molar-refractivity contribution in [1.82, 2.24) is 4.98 Å². The van der Waals surface area contributed by atoms with E-state index in [4.69, 9.17) is 34.8 Å². The third-order valence-electron chi connectivity index (χ3n) is 2.64. The van der Waals surface area contributed by atoms with Gasteiger partial charge in [-0.15, -0.1) is 0 Å². The zero-order chi connectivity index (χ0) is 14.0. The Bertz CT molecular complexity index is 594. The first-order chi connectivity index (χ1) is 8.97. The van der Waals surface area contributed by atoms with E-state index in [1.807, 2.05) is 6.92 Å². The van der Waals surface area contributed by atoms with Gasteiger partial charge in [0, 0.05) is 17.1 Å². The van der Waals surface area contributed by atoms with Crippen molar-refractivity contribution in [1.29, 1.82) is 0 Å². The maximum atomic E-state index is 9.73. The fraction of sp³-hybridized carbons (Fsp3) is 0.154. The van der Waals surface area contributed by atoms with Crippen LogP contribution in [0.5, 0.6) is 5.75 Å². The highest BCUT2D eigenvalue weighted by molar-refractivity contribution is 6.34. The number of phenolic OH excluding ortho intramolecular Hbond substituents is 1. The number of anilines is 1. The summed E-state index contributed by atoms with van der Waals surface area (Å²) < 4.78 is 0. The number of hydrogen-bond donors (Lipinski definition) is 2. The van der Waals surface area contributed by atoms with Gasteiger partial charge in [0.15, 0.2) is 5.15 Å². The van der Waals surface area contributed by atoms with Crippen LogP contribution in [0.3, 0.4) is 0 Å². The lowest BCUT2D eigenvalue weighted by molar-refractivity contribution is 0.469. The average molecular weight is 318 g/mol. The van der Waals surface area contributed by atoms with Crippen LogP contribution in [0.4, 0.5) is 5.69 Å². The molecule has 0 aliphatic rings. The number of aromatic nitrogens is 1. The van der Waals surface area contributed by atoms with E-state index < -0.39 is 0 Å². The topological polar surface area (TPSA) is 45.2 Å². The molecule has 0 spiro atoms. The van der Waals surface area contributed by atoms with Gasteiger partial charge >= 0.3 is 0 Å². The number of rotatable bonds is 3. The van der Waals surface area contributed by atoms with E-state index in [2.05, 4.69) is 10.3 Å². The number of aromatic hydroxyl groups is 1. The summed E-state index contributed by atoms with van der Waals surface area (Å²) in [6.45, 7) is 2.26. The lowest BCUT2D eigenvalue weighted by Gasteiger charge is -2.12. The second kappa shape index (κ2) is 5.87. The Kier molecular flexibility index (Phi) is 4.40. The Balaban J connectivity index is 2.21. The van der Waals surface area contributed by atoms with Gasteiger partial charge in [-0.2, -0.15) is 0 Å². The standard InChI is InChI=1S/C13H11Cl3N2O/c1-7-4-11(15)18-13(16)12(7)17-6-8-5-9(14)2-3-10(8)19/h2-5,17,19H,6H2,1H3. The van der Waals surface area contributed by atoms with E-state index in [9.17, 15) is 5.11 Å². The molecule has 1 aromatic carbocycles. The fourth-order valence-corrected chi connectivity index (χ4v) is 2.48. The van der Waals surface area contributed by atoms with Gasteiger partial charge in [-0.05, 0) is 36.8 Å². The number of phenols is 1. The highest BCUT2D eigenvalue weighted by atomic mass is 35.5. The van der Waals surface area contributed by atoms with Gasteiger partial charge in [-0.1, -0.05) is 34.8 Å². The minimum absolute atomic E-state index is 0.174. The quantitative estimate of drug-likeness (QED) is 0.809. The molecule has 0 fully saturated rings. The second-order valence-electron chi connectivity index (χ2n) is 4.05. The van der Waals surface area contributed by atoms with E-state index >= 15 is 0 Å². The van der Waals surface area contributed by atoms with Crippen LogP contribution >= 0.6 is 34.8 Å². The monoisotopic (exact) mass is 316 g/mol. The molecule has 0 bridgehead atoms. The van der Waals surface area contributed by atoms with Crippen molar-refractivity contribution >= 4 is 40.5 Å². The van der Waals surface area contributed by atoms with E-state index in [-0.39, 0.29) is 5.75 Å². The minimum atomic E-state index is 0.174. The predicted molar refractivity (Wildman–Crippen MR) is 79.4 cm³/mol. The zero-order valence-electron chi connectivity index (χ0n) is 10.0. The molecule has 0 atom stereocenters. The first kappa shape index (κ1) is 14.3. The SMILES string of the molecule is Cc1cc(Cl)nc(Cl)c1NCc1cc(Cl)ccc1O. The molecule has 0 radical (unpaired) electrons. The molecule has 6 heteroatoms. The molecule has 3 nitrogen and oxygen atoms in total. The molecular weight excluding hydrogens is 307 g/mol. The summed E-state index contributed by atoms with van der Waals surface area (Å²) >= 11 is 17.7. The molecule has 0 saturated carbocycles. The summed E-state index contributed by atoms with van der Waals surface area (Å²) in [4.78, 5) is 3.97. The Hall–Kier alpha value is -1.16. The van der Waals surface area contributed by atoms with Gasteiger partial charge < -0.3 is 10.4 Å². The van der Waals surface area contributed by atoms with E-state index in [1.165, 1.54) is 0 Å². The molecule has 2 rings (SSSR count). The molecular formula is C13H11Cl3N2O. The van der Waals surface area contributed by atoms with Gasteiger partial charge in [0.05, 0.1) is 5.69 Å². The van der Waals surface area contributed by atoms with Crippen LogP contribution in [-0.2, 0) is 6.54 Å².